The Morgan fingerprint density at radius 1 is 0.857 bits per heavy atom. The molecule has 0 aliphatic heterocycles. The molecule has 0 saturated carbocycles. The third kappa shape index (κ3) is 4.12. The van der Waals surface area contributed by atoms with Crippen molar-refractivity contribution >= 4 is 0 Å². The zero-order valence-electron chi connectivity index (χ0n) is 16.0. The van der Waals surface area contributed by atoms with Gasteiger partial charge in [-0.3, -0.25) is 0 Å². The maximum Gasteiger partial charge on any atom is 0.258 e. The molecule has 0 aliphatic carbocycles. The molecule has 0 fully saturated rings. The first-order valence-corrected chi connectivity index (χ1v) is 9.40. The first-order chi connectivity index (χ1) is 13.7. The van der Waals surface area contributed by atoms with E-state index < -0.39 is 0 Å². The van der Waals surface area contributed by atoms with Gasteiger partial charge >= 0.3 is 0 Å². The molecule has 0 bridgehead atoms. The smallest absolute Gasteiger partial charge is 0.258 e. The van der Waals surface area contributed by atoms with Crippen LogP contribution in [0.25, 0.3) is 22.8 Å². The van der Waals surface area contributed by atoms with Crippen molar-refractivity contribution in [3.8, 4) is 28.6 Å². The van der Waals surface area contributed by atoms with Crippen LogP contribution in [0.1, 0.15) is 30.9 Å². The van der Waals surface area contributed by atoms with Gasteiger partial charge in [-0.2, -0.15) is 4.98 Å². The standard InChI is InChI=1S/C24H22N2O2/c1-17(2)19-11-13-22(14-12-19)27-16-18-7-6-10-21(15-18)24-25-23(26-28-24)20-8-4-3-5-9-20/h3-15,17H,16H2,1-2H3. The Labute approximate surface area is 164 Å². The summed E-state index contributed by atoms with van der Waals surface area (Å²) < 4.78 is 11.4. The fourth-order valence-corrected chi connectivity index (χ4v) is 2.95. The summed E-state index contributed by atoms with van der Waals surface area (Å²) >= 11 is 0. The average Bonchev–Trinajstić information content (AvgIpc) is 3.24. The fraction of sp³-hybridized carbons (Fsp3) is 0.167. The van der Waals surface area contributed by atoms with E-state index in [1.54, 1.807) is 0 Å². The van der Waals surface area contributed by atoms with E-state index in [1.165, 1.54) is 5.56 Å². The summed E-state index contributed by atoms with van der Waals surface area (Å²) in [6.07, 6.45) is 0. The molecule has 0 atom stereocenters. The summed E-state index contributed by atoms with van der Waals surface area (Å²) in [4.78, 5) is 4.52. The van der Waals surface area contributed by atoms with Crippen molar-refractivity contribution < 1.29 is 9.26 Å². The molecule has 0 radical (unpaired) electrons. The first kappa shape index (κ1) is 18.0. The molecule has 0 amide bonds. The largest absolute Gasteiger partial charge is 0.489 e. The van der Waals surface area contributed by atoms with E-state index in [4.69, 9.17) is 9.26 Å². The Balaban J connectivity index is 1.47. The molecule has 4 heteroatoms. The highest BCUT2D eigenvalue weighted by Gasteiger charge is 2.11. The molecule has 1 aromatic heterocycles. The van der Waals surface area contributed by atoms with Crippen LogP contribution in [0.3, 0.4) is 0 Å². The molecule has 0 aliphatic rings. The Hall–Kier alpha value is -3.40. The minimum Gasteiger partial charge on any atom is -0.489 e. The third-order valence-electron chi connectivity index (χ3n) is 4.58. The van der Waals surface area contributed by atoms with Gasteiger partial charge in [-0.1, -0.05) is 73.6 Å². The van der Waals surface area contributed by atoms with Gasteiger partial charge in [-0.25, -0.2) is 0 Å². The van der Waals surface area contributed by atoms with Crippen LogP contribution in [0.15, 0.2) is 83.4 Å². The number of nitrogens with zero attached hydrogens (tertiary/aromatic N) is 2. The van der Waals surface area contributed by atoms with Crippen LogP contribution < -0.4 is 4.74 Å². The lowest BCUT2D eigenvalue weighted by Crippen LogP contribution is -1.96. The molecule has 1 heterocycles. The Kier molecular flexibility index (Phi) is 5.20. The van der Waals surface area contributed by atoms with E-state index in [9.17, 15) is 0 Å². The number of rotatable bonds is 6. The lowest BCUT2D eigenvalue weighted by molar-refractivity contribution is 0.306. The Bertz CT molecular complexity index is 1040. The van der Waals surface area contributed by atoms with Crippen molar-refractivity contribution in [3.05, 3.63) is 90.0 Å². The summed E-state index contributed by atoms with van der Waals surface area (Å²) in [6, 6.07) is 26.0. The quantitative estimate of drug-likeness (QED) is 0.411. The number of hydrogen-bond acceptors (Lipinski definition) is 4. The van der Waals surface area contributed by atoms with Gasteiger partial charge in [-0.05, 0) is 41.3 Å². The maximum atomic E-state index is 5.93. The Morgan fingerprint density at radius 2 is 1.61 bits per heavy atom. The summed E-state index contributed by atoms with van der Waals surface area (Å²) in [5.41, 5.74) is 4.16. The van der Waals surface area contributed by atoms with Gasteiger partial charge in [0.05, 0.1) is 0 Å². The van der Waals surface area contributed by atoms with Crippen LogP contribution in [0.4, 0.5) is 0 Å². The van der Waals surface area contributed by atoms with Crippen LogP contribution in [-0.4, -0.2) is 10.1 Å². The topological polar surface area (TPSA) is 48.2 Å². The number of ether oxygens (including phenoxy) is 1. The predicted molar refractivity (Wildman–Crippen MR) is 110 cm³/mol. The molecule has 4 nitrogen and oxygen atoms in total. The molecular formula is C24H22N2O2. The minimum atomic E-state index is 0.481. The van der Waals surface area contributed by atoms with E-state index >= 15 is 0 Å². The van der Waals surface area contributed by atoms with Gasteiger partial charge in [0.2, 0.25) is 5.82 Å². The zero-order chi connectivity index (χ0) is 19.3. The minimum absolute atomic E-state index is 0.481. The monoisotopic (exact) mass is 370 g/mol. The molecule has 0 N–H and O–H groups in total. The van der Waals surface area contributed by atoms with Crippen molar-refractivity contribution in [1.82, 2.24) is 10.1 Å². The van der Waals surface area contributed by atoms with Crippen LogP contribution >= 0.6 is 0 Å². The molecule has 0 unspecified atom stereocenters. The molecule has 4 rings (SSSR count). The molecule has 0 spiro atoms. The van der Waals surface area contributed by atoms with Gasteiger partial charge in [0.15, 0.2) is 0 Å². The van der Waals surface area contributed by atoms with Gasteiger partial charge < -0.3 is 9.26 Å². The Morgan fingerprint density at radius 3 is 2.36 bits per heavy atom. The average molecular weight is 370 g/mol. The van der Waals surface area contributed by atoms with Crippen molar-refractivity contribution in [2.24, 2.45) is 0 Å². The van der Waals surface area contributed by atoms with E-state index in [0.717, 1.165) is 22.4 Å². The molecule has 0 saturated heterocycles. The van der Waals surface area contributed by atoms with Gasteiger partial charge in [0, 0.05) is 11.1 Å². The summed E-state index contributed by atoms with van der Waals surface area (Å²) in [7, 11) is 0. The van der Waals surface area contributed by atoms with Gasteiger partial charge in [0.1, 0.15) is 12.4 Å². The number of benzene rings is 3. The maximum absolute atomic E-state index is 5.93. The first-order valence-electron chi connectivity index (χ1n) is 9.40. The lowest BCUT2D eigenvalue weighted by Gasteiger charge is -2.09. The highest BCUT2D eigenvalue weighted by atomic mass is 16.5. The van der Waals surface area contributed by atoms with E-state index in [-0.39, 0.29) is 0 Å². The van der Waals surface area contributed by atoms with Crippen LogP contribution in [-0.2, 0) is 6.61 Å². The summed E-state index contributed by atoms with van der Waals surface area (Å²) in [6.45, 7) is 4.85. The van der Waals surface area contributed by atoms with Crippen LogP contribution in [0.2, 0.25) is 0 Å². The van der Waals surface area contributed by atoms with Crippen molar-refractivity contribution in [3.63, 3.8) is 0 Å². The number of hydrogen-bond donors (Lipinski definition) is 0. The zero-order valence-corrected chi connectivity index (χ0v) is 16.0. The molecule has 4 aromatic rings. The van der Waals surface area contributed by atoms with Crippen molar-refractivity contribution in [1.29, 1.82) is 0 Å². The SMILES string of the molecule is CC(C)c1ccc(OCc2cccc(-c3nc(-c4ccccc4)no3)c2)cc1. The summed E-state index contributed by atoms with van der Waals surface area (Å²) in [5.74, 6) is 2.46. The molecule has 140 valence electrons. The highest BCUT2D eigenvalue weighted by Crippen LogP contribution is 2.24. The second-order valence-electron chi connectivity index (χ2n) is 7.00. The predicted octanol–water partition coefficient (Wildman–Crippen LogP) is 6.11. The second-order valence-corrected chi connectivity index (χ2v) is 7.00. The van der Waals surface area contributed by atoms with E-state index in [0.29, 0.717) is 24.2 Å². The van der Waals surface area contributed by atoms with Gasteiger partial charge in [0.25, 0.3) is 5.89 Å². The van der Waals surface area contributed by atoms with Gasteiger partial charge in [-0.15, -0.1) is 0 Å². The van der Waals surface area contributed by atoms with Crippen molar-refractivity contribution in [2.75, 3.05) is 0 Å². The van der Waals surface area contributed by atoms with E-state index in [2.05, 4.69) is 36.1 Å². The van der Waals surface area contributed by atoms with Crippen molar-refractivity contribution in [2.45, 2.75) is 26.4 Å². The van der Waals surface area contributed by atoms with Crippen LogP contribution in [0.5, 0.6) is 5.75 Å². The highest BCUT2D eigenvalue weighted by molar-refractivity contribution is 5.60. The van der Waals surface area contributed by atoms with E-state index in [1.807, 2.05) is 66.7 Å². The number of aromatic nitrogens is 2. The fourth-order valence-electron chi connectivity index (χ4n) is 2.95. The lowest BCUT2D eigenvalue weighted by atomic mass is 10.0. The molecular weight excluding hydrogens is 348 g/mol. The molecule has 3 aromatic carbocycles. The third-order valence-corrected chi connectivity index (χ3v) is 4.58. The summed E-state index contributed by atoms with van der Waals surface area (Å²) in [5, 5.41) is 4.09. The second kappa shape index (κ2) is 8.09. The van der Waals surface area contributed by atoms with Crippen LogP contribution in [0, 0.1) is 0 Å². The normalized spacial score (nSPS) is 11.0. The molecule has 28 heavy (non-hydrogen) atoms.